The molecule has 29 heavy (non-hydrogen) atoms. The van der Waals surface area contributed by atoms with Crippen LogP contribution in [0.1, 0.15) is 5.56 Å². The van der Waals surface area contributed by atoms with E-state index in [2.05, 4.69) is 16.2 Å². The van der Waals surface area contributed by atoms with Crippen LogP contribution in [0.5, 0.6) is 17.2 Å². The van der Waals surface area contributed by atoms with Gasteiger partial charge in [0.25, 0.3) is 0 Å². The molecule has 3 aromatic carbocycles. The highest BCUT2D eigenvalue weighted by Gasteiger charge is 2.09. The summed E-state index contributed by atoms with van der Waals surface area (Å²) in [4.78, 5) is 5.01. The zero-order valence-corrected chi connectivity index (χ0v) is 16.7. The monoisotopic (exact) mass is 405 g/mol. The molecule has 0 amide bonds. The first-order chi connectivity index (χ1) is 14.1. The van der Waals surface area contributed by atoms with Gasteiger partial charge in [0, 0.05) is 23.6 Å². The van der Waals surface area contributed by atoms with Crippen molar-refractivity contribution in [3.63, 3.8) is 0 Å². The smallest absolute Gasteiger partial charge is 0.205 e. The number of rotatable bonds is 4. The number of methoxy groups -OCH3 is 1. The van der Waals surface area contributed by atoms with Crippen molar-refractivity contribution in [3.05, 3.63) is 70.3 Å². The van der Waals surface area contributed by atoms with E-state index in [-0.39, 0.29) is 11.5 Å². The SMILES string of the molecule is CN=c1scc(-c2ccc3cc(OC)ccc3c2)n1N=Cc1cccc(O)c1O. The summed E-state index contributed by atoms with van der Waals surface area (Å²) in [5.74, 6) is 0.427. The van der Waals surface area contributed by atoms with Crippen molar-refractivity contribution < 1.29 is 14.9 Å². The van der Waals surface area contributed by atoms with Gasteiger partial charge in [-0.15, -0.1) is 11.3 Å². The normalized spacial score (nSPS) is 12.1. The molecule has 0 saturated heterocycles. The van der Waals surface area contributed by atoms with Gasteiger partial charge in [-0.25, -0.2) is 4.68 Å². The zero-order chi connectivity index (χ0) is 20.4. The van der Waals surface area contributed by atoms with E-state index in [1.807, 2.05) is 35.7 Å². The Morgan fingerprint density at radius 3 is 2.62 bits per heavy atom. The van der Waals surface area contributed by atoms with Gasteiger partial charge in [0.05, 0.1) is 19.0 Å². The molecule has 6 nitrogen and oxygen atoms in total. The first-order valence-corrected chi connectivity index (χ1v) is 9.75. The van der Waals surface area contributed by atoms with Crippen LogP contribution in [-0.2, 0) is 0 Å². The fraction of sp³-hybridized carbons (Fsp3) is 0.0909. The van der Waals surface area contributed by atoms with Crippen LogP contribution in [-0.4, -0.2) is 35.3 Å². The molecule has 4 rings (SSSR count). The fourth-order valence-electron chi connectivity index (χ4n) is 3.04. The van der Waals surface area contributed by atoms with Crippen molar-refractivity contribution in [2.24, 2.45) is 10.1 Å². The number of phenolic OH excluding ortho intramolecular Hbond substituents is 2. The van der Waals surface area contributed by atoms with Gasteiger partial charge in [-0.1, -0.05) is 24.3 Å². The second-order valence-electron chi connectivity index (χ2n) is 6.33. The van der Waals surface area contributed by atoms with Crippen LogP contribution in [0.2, 0.25) is 0 Å². The fourth-order valence-corrected chi connectivity index (χ4v) is 3.85. The minimum Gasteiger partial charge on any atom is -0.504 e. The Balaban J connectivity index is 1.80. The third kappa shape index (κ3) is 3.60. The molecule has 0 fully saturated rings. The largest absolute Gasteiger partial charge is 0.504 e. The lowest BCUT2D eigenvalue weighted by molar-refractivity contribution is 0.403. The standard InChI is InChI=1S/C22H19N3O3S/c1-23-22-25(24-12-17-4-3-5-20(26)21(17)27)19(13-29-22)16-7-6-15-11-18(28-2)9-8-14(15)10-16/h3-13,26-27H,1-2H3. The number of fused-ring (bicyclic) bond motifs is 1. The molecule has 0 aliphatic rings. The Labute approximate surface area is 171 Å². The Bertz CT molecular complexity index is 1290. The Hall–Kier alpha value is -3.58. The van der Waals surface area contributed by atoms with E-state index in [1.54, 1.807) is 31.0 Å². The lowest BCUT2D eigenvalue weighted by Crippen LogP contribution is -2.11. The van der Waals surface area contributed by atoms with Gasteiger partial charge in [-0.05, 0) is 41.1 Å². The van der Waals surface area contributed by atoms with Crippen LogP contribution in [0.25, 0.3) is 22.0 Å². The van der Waals surface area contributed by atoms with Crippen molar-refractivity contribution in [1.82, 2.24) is 4.68 Å². The summed E-state index contributed by atoms with van der Waals surface area (Å²) in [6, 6.07) is 16.9. The Kier molecular flexibility index (Phi) is 5.05. The average molecular weight is 405 g/mol. The molecule has 0 bridgehead atoms. The molecule has 1 aromatic heterocycles. The second-order valence-corrected chi connectivity index (χ2v) is 7.16. The number of ether oxygens (including phenoxy) is 1. The first kappa shape index (κ1) is 18.8. The number of aromatic hydroxyl groups is 2. The quantitative estimate of drug-likeness (QED) is 0.394. The van der Waals surface area contributed by atoms with Gasteiger partial charge in [-0.2, -0.15) is 5.10 Å². The Morgan fingerprint density at radius 2 is 1.83 bits per heavy atom. The number of hydrogen-bond donors (Lipinski definition) is 2. The van der Waals surface area contributed by atoms with Crippen LogP contribution in [0, 0.1) is 0 Å². The molecule has 0 aliphatic heterocycles. The average Bonchev–Trinajstić information content (AvgIpc) is 3.17. The van der Waals surface area contributed by atoms with Crippen LogP contribution < -0.4 is 9.54 Å². The number of para-hydroxylation sites is 1. The molecule has 1 heterocycles. The number of thiazole rings is 1. The molecule has 0 unspecified atom stereocenters. The third-order valence-electron chi connectivity index (χ3n) is 4.58. The molecular formula is C22H19N3O3S. The molecule has 0 radical (unpaired) electrons. The van der Waals surface area contributed by atoms with E-state index in [4.69, 9.17) is 4.74 Å². The molecule has 0 aliphatic carbocycles. The highest BCUT2D eigenvalue weighted by molar-refractivity contribution is 7.07. The lowest BCUT2D eigenvalue weighted by atomic mass is 10.1. The van der Waals surface area contributed by atoms with Gasteiger partial charge in [0.2, 0.25) is 4.80 Å². The van der Waals surface area contributed by atoms with E-state index < -0.39 is 0 Å². The minimum absolute atomic E-state index is 0.185. The summed E-state index contributed by atoms with van der Waals surface area (Å²) in [5, 5.41) is 28.4. The van der Waals surface area contributed by atoms with Crippen LogP contribution in [0.4, 0.5) is 0 Å². The maximum absolute atomic E-state index is 10.0. The molecular weight excluding hydrogens is 386 g/mol. The highest BCUT2D eigenvalue weighted by atomic mass is 32.1. The number of hydrogen-bond acceptors (Lipinski definition) is 6. The summed E-state index contributed by atoms with van der Waals surface area (Å²) in [6.45, 7) is 0. The predicted molar refractivity (Wildman–Crippen MR) is 116 cm³/mol. The third-order valence-corrected chi connectivity index (χ3v) is 5.49. The summed E-state index contributed by atoms with van der Waals surface area (Å²) in [7, 11) is 3.36. The van der Waals surface area contributed by atoms with Crippen molar-refractivity contribution in [2.75, 3.05) is 14.2 Å². The first-order valence-electron chi connectivity index (χ1n) is 8.87. The number of benzene rings is 3. The highest BCUT2D eigenvalue weighted by Crippen LogP contribution is 2.29. The number of nitrogens with zero attached hydrogens (tertiary/aromatic N) is 3. The predicted octanol–water partition coefficient (Wildman–Crippen LogP) is 4.20. The molecule has 2 N–H and O–H groups in total. The molecule has 0 saturated carbocycles. The van der Waals surface area contributed by atoms with Gasteiger partial charge < -0.3 is 14.9 Å². The summed E-state index contributed by atoms with van der Waals surface area (Å²) >= 11 is 1.48. The zero-order valence-electron chi connectivity index (χ0n) is 15.9. The van der Waals surface area contributed by atoms with Crippen molar-refractivity contribution >= 4 is 28.3 Å². The van der Waals surface area contributed by atoms with Gasteiger partial charge in [-0.3, -0.25) is 4.99 Å². The maximum Gasteiger partial charge on any atom is 0.205 e. The van der Waals surface area contributed by atoms with Crippen molar-refractivity contribution in [1.29, 1.82) is 0 Å². The molecule has 0 atom stereocenters. The van der Waals surface area contributed by atoms with E-state index in [9.17, 15) is 10.2 Å². The number of aromatic nitrogens is 1. The lowest BCUT2D eigenvalue weighted by Gasteiger charge is -2.07. The van der Waals surface area contributed by atoms with Crippen LogP contribution in [0.15, 0.2) is 70.1 Å². The van der Waals surface area contributed by atoms with Crippen molar-refractivity contribution in [2.45, 2.75) is 0 Å². The van der Waals surface area contributed by atoms with E-state index in [1.165, 1.54) is 23.6 Å². The summed E-state index contributed by atoms with van der Waals surface area (Å²) in [5.41, 5.74) is 2.29. The van der Waals surface area contributed by atoms with E-state index in [0.29, 0.717) is 10.4 Å². The minimum atomic E-state index is -0.205. The molecule has 0 spiro atoms. The number of phenols is 2. The molecule has 7 heteroatoms. The Morgan fingerprint density at radius 1 is 1.03 bits per heavy atom. The van der Waals surface area contributed by atoms with Crippen LogP contribution in [0.3, 0.4) is 0 Å². The second kappa shape index (κ2) is 7.81. The van der Waals surface area contributed by atoms with Gasteiger partial charge in [0.1, 0.15) is 5.75 Å². The maximum atomic E-state index is 10.0. The topological polar surface area (TPSA) is 79.3 Å². The van der Waals surface area contributed by atoms with Gasteiger partial charge >= 0.3 is 0 Å². The van der Waals surface area contributed by atoms with Gasteiger partial charge in [0.15, 0.2) is 11.5 Å². The van der Waals surface area contributed by atoms with E-state index in [0.717, 1.165) is 27.8 Å². The van der Waals surface area contributed by atoms with Crippen LogP contribution >= 0.6 is 11.3 Å². The summed E-state index contributed by atoms with van der Waals surface area (Å²) in [6.07, 6.45) is 1.51. The van der Waals surface area contributed by atoms with E-state index >= 15 is 0 Å². The summed E-state index contributed by atoms with van der Waals surface area (Å²) < 4.78 is 7.02. The molecule has 4 aromatic rings. The molecule has 146 valence electrons. The van der Waals surface area contributed by atoms with Crippen molar-refractivity contribution in [3.8, 4) is 28.5 Å².